The van der Waals surface area contributed by atoms with E-state index in [2.05, 4.69) is 5.32 Å². The molecule has 0 atom stereocenters. The van der Waals surface area contributed by atoms with E-state index in [-0.39, 0.29) is 5.91 Å². The molecule has 0 saturated heterocycles. The van der Waals surface area contributed by atoms with Crippen molar-refractivity contribution in [3.63, 3.8) is 0 Å². The summed E-state index contributed by atoms with van der Waals surface area (Å²) in [4.78, 5) is 11.5. The number of rotatable bonds is 2. The number of anilines is 1. The van der Waals surface area contributed by atoms with Gasteiger partial charge in [0.05, 0.1) is 6.26 Å². The summed E-state index contributed by atoms with van der Waals surface area (Å²) in [6, 6.07) is 12.4. The van der Waals surface area contributed by atoms with Crippen LogP contribution in [0, 0.1) is 0 Å². The van der Waals surface area contributed by atoms with Gasteiger partial charge in [-0.2, -0.15) is 0 Å². The van der Waals surface area contributed by atoms with Crippen molar-refractivity contribution in [1.82, 2.24) is 0 Å². The molecule has 1 aromatic heterocycles. The molecule has 70 valence electrons. The van der Waals surface area contributed by atoms with Gasteiger partial charge in [0.1, 0.15) is 0 Å². The quantitative estimate of drug-likeness (QED) is 0.784. The second-order valence-corrected chi connectivity index (χ2v) is 2.80. The fraction of sp³-hybridized carbons (Fsp3) is 0. The first-order valence-corrected chi connectivity index (χ1v) is 4.26. The lowest BCUT2D eigenvalue weighted by atomic mass is 10.2. The highest BCUT2D eigenvalue weighted by atomic mass is 16.3. The molecule has 14 heavy (non-hydrogen) atoms. The molecule has 1 heterocycles. The Hall–Kier alpha value is -2.03. The van der Waals surface area contributed by atoms with Gasteiger partial charge >= 0.3 is 0 Å². The highest BCUT2D eigenvalue weighted by molar-refractivity contribution is 6.03. The van der Waals surface area contributed by atoms with Crippen LogP contribution in [0.1, 0.15) is 10.4 Å². The monoisotopic (exact) mass is 187 g/mol. The Morgan fingerprint density at radius 1 is 1.07 bits per heavy atom. The second-order valence-electron chi connectivity index (χ2n) is 2.80. The van der Waals surface area contributed by atoms with Crippen LogP contribution in [0.15, 0.2) is 53.1 Å². The van der Waals surface area contributed by atoms with Crippen molar-refractivity contribution in [2.24, 2.45) is 0 Å². The lowest BCUT2D eigenvalue weighted by Crippen LogP contribution is -2.10. The summed E-state index contributed by atoms with van der Waals surface area (Å²) >= 11 is 0. The van der Waals surface area contributed by atoms with E-state index in [0.717, 1.165) is 0 Å². The van der Waals surface area contributed by atoms with Gasteiger partial charge in [-0.25, -0.2) is 0 Å². The SMILES string of the molecule is O=C(Nc1ccco1)c1ccccc1. The van der Waals surface area contributed by atoms with Crippen molar-refractivity contribution in [2.45, 2.75) is 0 Å². The zero-order chi connectivity index (χ0) is 9.80. The normalized spacial score (nSPS) is 9.71. The summed E-state index contributed by atoms with van der Waals surface area (Å²) in [5, 5.41) is 2.63. The minimum Gasteiger partial charge on any atom is -0.449 e. The molecule has 2 aromatic rings. The van der Waals surface area contributed by atoms with Gasteiger partial charge < -0.3 is 4.42 Å². The number of benzene rings is 1. The molecule has 0 unspecified atom stereocenters. The molecule has 0 aliphatic rings. The first kappa shape index (κ1) is 8.56. The summed E-state index contributed by atoms with van der Waals surface area (Å²) in [7, 11) is 0. The van der Waals surface area contributed by atoms with E-state index in [0.29, 0.717) is 11.4 Å². The Balaban J connectivity index is 2.11. The van der Waals surface area contributed by atoms with Crippen LogP contribution < -0.4 is 5.32 Å². The van der Waals surface area contributed by atoms with Crippen LogP contribution in [0.2, 0.25) is 0 Å². The largest absolute Gasteiger partial charge is 0.449 e. The maximum atomic E-state index is 11.5. The fourth-order valence-corrected chi connectivity index (χ4v) is 1.12. The number of furan rings is 1. The van der Waals surface area contributed by atoms with Crippen LogP contribution in [0.5, 0.6) is 0 Å². The van der Waals surface area contributed by atoms with Gasteiger partial charge in [-0.05, 0) is 18.2 Å². The molecule has 2 rings (SSSR count). The third-order valence-corrected chi connectivity index (χ3v) is 1.79. The molecule has 0 saturated carbocycles. The van der Waals surface area contributed by atoms with E-state index < -0.39 is 0 Å². The highest BCUT2D eigenvalue weighted by Gasteiger charge is 2.05. The van der Waals surface area contributed by atoms with Crippen LogP contribution in [0.3, 0.4) is 0 Å². The van der Waals surface area contributed by atoms with Crippen LogP contribution >= 0.6 is 0 Å². The van der Waals surface area contributed by atoms with Gasteiger partial charge in [-0.1, -0.05) is 18.2 Å². The van der Waals surface area contributed by atoms with Crippen LogP contribution in [0.25, 0.3) is 0 Å². The molecule has 0 bridgehead atoms. The van der Waals surface area contributed by atoms with Gasteiger partial charge in [0, 0.05) is 11.6 Å². The van der Waals surface area contributed by atoms with Gasteiger partial charge in [-0.15, -0.1) is 0 Å². The topological polar surface area (TPSA) is 42.2 Å². The molecule has 3 heteroatoms. The van der Waals surface area contributed by atoms with Crippen LogP contribution in [-0.2, 0) is 0 Å². The molecule has 0 aliphatic heterocycles. The average Bonchev–Trinajstić information content (AvgIpc) is 2.72. The van der Waals surface area contributed by atoms with Crippen LogP contribution in [-0.4, -0.2) is 5.91 Å². The minimum absolute atomic E-state index is 0.166. The zero-order valence-corrected chi connectivity index (χ0v) is 7.44. The predicted molar refractivity (Wildman–Crippen MR) is 53.1 cm³/mol. The maximum Gasteiger partial charge on any atom is 0.257 e. The van der Waals surface area contributed by atoms with E-state index in [1.165, 1.54) is 6.26 Å². The third-order valence-electron chi connectivity index (χ3n) is 1.79. The summed E-state index contributed by atoms with van der Waals surface area (Å²) in [6.07, 6.45) is 1.51. The maximum absolute atomic E-state index is 11.5. The Morgan fingerprint density at radius 2 is 1.86 bits per heavy atom. The van der Waals surface area contributed by atoms with Gasteiger partial charge in [0.15, 0.2) is 5.88 Å². The predicted octanol–water partition coefficient (Wildman–Crippen LogP) is 2.53. The fourth-order valence-electron chi connectivity index (χ4n) is 1.12. The number of carbonyl (C=O) groups excluding carboxylic acids is 1. The summed E-state index contributed by atoms with van der Waals surface area (Å²) < 4.78 is 4.99. The summed E-state index contributed by atoms with van der Waals surface area (Å²) in [5.41, 5.74) is 0.615. The van der Waals surface area contributed by atoms with Gasteiger partial charge in [-0.3, -0.25) is 10.1 Å². The molecule has 1 aromatic carbocycles. The van der Waals surface area contributed by atoms with Crippen molar-refractivity contribution >= 4 is 11.8 Å². The number of nitrogens with one attached hydrogen (secondary N) is 1. The second kappa shape index (κ2) is 3.79. The van der Waals surface area contributed by atoms with Crippen molar-refractivity contribution in [2.75, 3.05) is 5.32 Å². The Labute approximate surface area is 81.4 Å². The smallest absolute Gasteiger partial charge is 0.257 e. The van der Waals surface area contributed by atoms with E-state index >= 15 is 0 Å². The Kier molecular flexibility index (Phi) is 2.32. The molecule has 0 fully saturated rings. The Bertz CT molecular complexity index is 406. The first-order chi connectivity index (χ1) is 6.86. The van der Waals surface area contributed by atoms with E-state index in [4.69, 9.17) is 4.42 Å². The lowest BCUT2D eigenvalue weighted by Gasteiger charge is -2.00. The molecule has 3 nitrogen and oxygen atoms in total. The van der Waals surface area contributed by atoms with Crippen molar-refractivity contribution in [3.8, 4) is 0 Å². The van der Waals surface area contributed by atoms with E-state index in [1.54, 1.807) is 24.3 Å². The number of carbonyl (C=O) groups is 1. The number of hydrogen-bond acceptors (Lipinski definition) is 2. The van der Waals surface area contributed by atoms with Crippen LogP contribution in [0.4, 0.5) is 5.88 Å². The summed E-state index contributed by atoms with van der Waals surface area (Å²) in [5.74, 6) is 0.291. The highest BCUT2D eigenvalue weighted by Crippen LogP contribution is 2.09. The molecule has 1 amide bonds. The van der Waals surface area contributed by atoms with Crippen molar-refractivity contribution in [1.29, 1.82) is 0 Å². The van der Waals surface area contributed by atoms with E-state index in [1.807, 2.05) is 18.2 Å². The zero-order valence-electron chi connectivity index (χ0n) is 7.44. The minimum atomic E-state index is -0.166. The van der Waals surface area contributed by atoms with Crippen molar-refractivity contribution < 1.29 is 9.21 Å². The van der Waals surface area contributed by atoms with Gasteiger partial charge in [0.2, 0.25) is 0 Å². The van der Waals surface area contributed by atoms with E-state index in [9.17, 15) is 4.79 Å². The standard InChI is InChI=1S/C11H9NO2/c13-11(9-5-2-1-3-6-9)12-10-7-4-8-14-10/h1-8H,(H,12,13). The third kappa shape index (κ3) is 1.82. The molecular weight excluding hydrogens is 178 g/mol. The number of amides is 1. The van der Waals surface area contributed by atoms with Gasteiger partial charge in [0.25, 0.3) is 5.91 Å². The Morgan fingerprint density at radius 3 is 2.50 bits per heavy atom. The molecule has 0 spiro atoms. The average molecular weight is 187 g/mol. The molecule has 1 N–H and O–H groups in total. The first-order valence-electron chi connectivity index (χ1n) is 4.26. The number of hydrogen-bond donors (Lipinski definition) is 1. The summed E-state index contributed by atoms with van der Waals surface area (Å²) in [6.45, 7) is 0. The van der Waals surface area contributed by atoms with Crippen molar-refractivity contribution in [3.05, 3.63) is 54.3 Å². The molecular formula is C11H9NO2. The molecule has 0 radical (unpaired) electrons. The lowest BCUT2D eigenvalue weighted by molar-refractivity contribution is 0.102. The molecule has 0 aliphatic carbocycles.